The summed E-state index contributed by atoms with van der Waals surface area (Å²) in [6.45, 7) is 4.74. The van der Waals surface area contributed by atoms with Gasteiger partial charge in [-0.1, -0.05) is 111 Å². The first-order valence-corrected chi connectivity index (χ1v) is 17.5. The van der Waals surface area contributed by atoms with E-state index in [9.17, 15) is 0 Å². The summed E-state index contributed by atoms with van der Waals surface area (Å²) >= 11 is 3.78. The van der Waals surface area contributed by atoms with Crippen molar-refractivity contribution in [2.75, 3.05) is 4.90 Å². The van der Waals surface area contributed by atoms with E-state index < -0.39 is 0 Å². The molecule has 46 heavy (non-hydrogen) atoms. The van der Waals surface area contributed by atoms with E-state index in [1.54, 1.807) is 0 Å². The van der Waals surface area contributed by atoms with E-state index in [2.05, 4.69) is 158 Å². The van der Waals surface area contributed by atoms with Crippen molar-refractivity contribution in [2.24, 2.45) is 0 Å². The van der Waals surface area contributed by atoms with Crippen LogP contribution in [0.4, 0.5) is 17.1 Å². The molecule has 0 fully saturated rings. The van der Waals surface area contributed by atoms with Gasteiger partial charge in [0.25, 0.3) is 0 Å². The summed E-state index contributed by atoms with van der Waals surface area (Å²) in [5, 5.41) is 7.82. The number of fused-ring (bicyclic) bond motifs is 11. The minimum Gasteiger partial charge on any atom is -0.309 e. The van der Waals surface area contributed by atoms with Gasteiger partial charge in [-0.05, 0) is 59.2 Å². The minimum absolute atomic E-state index is 0.0866. The molecule has 218 valence electrons. The van der Waals surface area contributed by atoms with Crippen LogP contribution in [0.25, 0.3) is 62.2 Å². The lowest BCUT2D eigenvalue weighted by atomic mass is 9.82. The third-order valence-electron chi connectivity index (χ3n) is 10.0. The molecule has 1 aliphatic rings. The monoisotopic (exact) mass is 623 g/mol. The van der Waals surface area contributed by atoms with E-state index in [0.29, 0.717) is 0 Å². The number of hydrogen-bond acceptors (Lipinski definition) is 3. The fourth-order valence-electron chi connectivity index (χ4n) is 7.90. The first-order valence-electron chi connectivity index (χ1n) is 15.9. The summed E-state index contributed by atoms with van der Waals surface area (Å²) in [5.74, 6) is 0. The van der Waals surface area contributed by atoms with Crippen LogP contribution in [0.3, 0.4) is 0 Å². The highest BCUT2D eigenvalue weighted by molar-refractivity contribution is 7.26. The van der Waals surface area contributed by atoms with Gasteiger partial charge < -0.3 is 4.90 Å². The minimum atomic E-state index is -0.0866. The van der Waals surface area contributed by atoms with E-state index in [-0.39, 0.29) is 5.41 Å². The van der Waals surface area contributed by atoms with Crippen LogP contribution in [0, 0.1) is 0 Å². The Morgan fingerprint density at radius 2 is 1.09 bits per heavy atom. The zero-order valence-corrected chi connectivity index (χ0v) is 27.2. The Bertz CT molecular complexity index is 2690. The summed E-state index contributed by atoms with van der Waals surface area (Å²) in [7, 11) is 0. The highest BCUT2D eigenvalue weighted by Crippen LogP contribution is 2.55. The third-order valence-corrected chi connectivity index (χ3v) is 12.4. The summed E-state index contributed by atoms with van der Waals surface area (Å²) in [6, 6.07) is 52.1. The van der Waals surface area contributed by atoms with Gasteiger partial charge >= 0.3 is 0 Å². The zero-order valence-electron chi connectivity index (χ0n) is 25.5. The molecule has 0 spiro atoms. The van der Waals surface area contributed by atoms with Gasteiger partial charge in [-0.25, -0.2) is 0 Å². The van der Waals surface area contributed by atoms with E-state index in [1.165, 1.54) is 90.4 Å². The first kappa shape index (κ1) is 26.3. The van der Waals surface area contributed by atoms with Crippen molar-refractivity contribution in [1.82, 2.24) is 0 Å². The molecule has 9 aromatic rings. The largest absolute Gasteiger partial charge is 0.309 e. The van der Waals surface area contributed by atoms with Gasteiger partial charge in [0.05, 0.1) is 11.4 Å². The van der Waals surface area contributed by atoms with Crippen LogP contribution in [0.15, 0.2) is 140 Å². The fraction of sp³-hybridized carbons (Fsp3) is 0.0698. The van der Waals surface area contributed by atoms with Crippen molar-refractivity contribution in [3.05, 3.63) is 151 Å². The van der Waals surface area contributed by atoms with E-state index in [0.717, 1.165) is 0 Å². The number of rotatable bonds is 3. The van der Waals surface area contributed by atoms with Crippen molar-refractivity contribution in [1.29, 1.82) is 0 Å². The number of nitrogens with zero attached hydrogens (tertiary/aromatic N) is 1. The lowest BCUT2D eigenvalue weighted by molar-refractivity contribution is 0.660. The molecule has 2 heterocycles. The van der Waals surface area contributed by atoms with Crippen LogP contribution in [-0.4, -0.2) is 0 Å². The van der Waals surface area contributed by atoms with Gasteiger partial charge in [-0.2, -0.15) is 0 Å². The SMILES string of the molecule is CC1(C)c2ccccc2-c2c(N(c3ccc4sc5ccccc5c4c3)c3cc4c5ccccc5sc4c4ccccc34)cccc21. The van der Waals surface area contributed by atoms with E-state index in [4.69, 9.17) is 0 Å². The van der Waals surface area contributed by atoms with Crippen LogP contribution >= 0.6 is 22.7 Å². The first-order chi connectivity index (χ1) is 22.6. The molecule has 1 nitrogen and oxygen atoms in total. The molecule has 0 bridgehead atoms. The lowest BCUT2D eigenvalue weighted by Gasteiger charge is -2.30. The van der Waals surface area contributed by atoms with E-state index >= 15 is 0 Å². The smallest absolute Gasteiger partial charge is 0.0547 e. The van der Waals surface area contributed by atoms with Gasteiger partial charge in [-0.3, -0.25) is 0 Å². The third kappa shape index (κ3) is 3.56. The molecule has 0 radical (unpaired) electrons. The molecule has 0 saturated heterocycles. The number of thiophene rings is 2. The number of hydrogen-bond donors (Lipinski definition) is 0. The number of anilines is 3. The Morgan fingerprint density at radius 3 is 1.91 bits per heavy atom. The second-order valence-electron chi connectivity index (χ2n) is 12.9. The lowest BCUT2D eigenvalue weighted by Crippen LogP contribution is -2.16. The predicted molar refractivity (Wildman–Crippen MR) is 202 cm³/mol. The van der Waals surface area contributed by atoms with Gasteiger partial charge in [0.2, 0.25) is 0 Å². The van der Waals surface area contributed by atoms with Crippen molar-refractivity contribution >= 4 is 90.9 Å². The summed E-state index contributed by atoms with van der Waals surface area (Å²) in [4.78, 5) is 2.55. The predicted octanol–water partition coefficient (Wildman–Crippen LogP) is 13.4. The molecule has 0 saturated carbocycles. The van der Waals surface area contributed by atoms with E-state index in [1.807, 2.05) is 22.7 Å². The van der Waals surface area contributed by atoms with Crippen LogP contribution in [0.5, 0.6) is 0 Å². The normalized spacial score (nSPS) is 13.6. The van der Waals surface area contributed by atoms with Crippen LogP contribution in [0.1, 0.15) is 25.0 Å². The molecule has 0 amide bonds. The van der Waals surface area contributed by atoms with Crippen molar-refractivity contribution in [2.45, 2.75) is 19.3 Å². The summed E-state index contributed by atoms with van der Waals surface area (Å²) in [6.07, 6.45) is 0. The van der Waals surface area contributed by atoms with Gasteiger partial charge in [0.1, 0.15) is 0 Å². The van der Waals surface area contributed by atoms with Crippen LogP contribution < -0.4 is 4.90 Å². The van der Waals surface area contributed by atoms with Gasteiger partial charge in [0.15, 0.2) is 0 Å². The maximum Gasteiger partial charge on any atom is 0.0547 e. The Labute approximate surface area is 275 Å². The molecule has 10 rings (SSSR count). The van der Waals surface area contributed by atoms with Crippen molar-refractivity contribution < 1.29 is 0 Å². The molecule has 2 aromatic heterocycles. The quantitative estimate of drug-likeness (QED) is 0.189. The second kappa shape index (κ2) is 9.53. The summed E-state index contributed by atoms with van der Waals surface area (Å²) in [5.41, 5.74) is 8.95. The van der Waals surface area contributed by atoms with Gasteiger partial charge in [0, 0.05) is 67.8 Å². The van der Waals surface area contributed by atoms with Crippen LogP contribution in [0.2, 0.25) is 0 Å². The average molecular weight is 624 g/mol. The molecule has 0 unspecified atom stereocenters. The fourth-order valence-corrected chi connectivity index (χ4v) is 10.2. The molecule has 1 aliphatic carbocycles. The van der Waals surface area contributed by atoms with Crippen molar-refractivity contribution in [3.8, 4) is 11.1 Å². The Balaban J connectivity index is 1.35. The van der Waals surface area contributed by atoms with Crippen LogP contribution in [-0.2, 0) is 5.41 Å². The standard InChI is InChI=1S/C43H29NS2/c1-43(2)34-17-8-5-16-31(34)41-35(43)18-11-19-36(41)44(26-22-23-40-32(24-26)28-13-6-9-20-38(28)45-40)37-25-33-29-14-7-10-21-39(29)46-42(33)30-15-4-3-12-27(30)37/h3-25H,1-2H3. The van der Waals surface area contributed by atoms with Crippen molar-refractivity contribution in [3.63, 3.8) is 0 Å². The molecular formula is C43H29NS2. The zero-order chi connectivity index (χ0) is 30.6. The second-order valence-corrected chi connectivity index (χ2v) is 15.0. The molecule has 0 atom stereocenters. The Hall–Kier alpha value is -4.96. The molecule has 3 heteroatoms. The average Bonchev–Trinajstić information content (AvgIpc) is 3.73. The maximum atomic E-state index is 2.55. The van der Waals surface area contributed by atoms with Gasteiger partial charge in [-0.15, -0.1) is 22.7 Å². The Kier molecular flexibility index (Phi) is 5.44. The highest BCUT2D eigenvalue weighted by atomic mass is 32.1. The molecule has 0 aliphatic heterocycles. The summed E-state index contributed by atoms with van der Waals surface area (Å²) < 4.78 is 5.33. The Morgan fingerprint density at radius 1 is 0.457 bits per heavy atom. The molecule has 7 aromatic carbocycles. The highest BCUT2D eigenvalue weighted by Gasteiger charge is 2.38. The molecule has 0 N–H and O–H groups in total. The topological polar surface area (TPSA) is 3.24 Å². The molecular weight excluding hydrogens is 595 g/mol. The number of benzene rings is 7. The maximum absolute atomic E-state index is 2.55.